The summed E-state index contributed by atoms with van der Waals surface area (Å²) >= 11 is 3.52. The molecule has 4 rings (SSSR count). The first-order chi connectivity index (χ1) is 12.9. The monoisotopic (exact) mass is 427 g/mol. The van der Waals surface area contributed by atoms with Gasteiger partial charge in [-0.25, -0.2) is 0 Å². The molecule has 4 nitrogen and oxygen atoms in total. The lowest BCUT2D eigenvalue weighted by atomic mass is 9.99. The molecule has 0 amide bonds. The highest BCUT2D eigenvalue weighted by molar-refractivity contribution is 9.10. The van der Waals surface area contributed by atoms with Crippen LogP contribution in [0.5, 0.6) is 11.5 Å². The summed E-state index contributed by atoms with van der Waals surface area (Å²) in [6.45, 7) is 8.67. The van der Waals surface area contributed by atoms with Crippen molar-refractivity contribution in [1.29, 1.82) is 0 Å². The Bertz CT molecular complexity index is 949. The summed E-state index contributed by atoms with van der Waals surface area (Å²) in [7, 11) is 0. The van der Waals surface area contributed by atoms with Gasteiger partial charge in [0, 0.05) is 28.7 Å². The normalized spacial score (nSPS) is 17.7. The van der Waals surface area contributed by atoms with Crippen molar-refractivity contribution in [3.8, 4) is 11.5 Å². The Morgan fingerprint density at radius 2 is 2.04 bits per heavy atom. The van der Waals surface area contributed by atoms with Gasteiger partial charge in [-0.15, -0.1) is 0 Å². The molecular formula is C22H22BrNO3. The van der Waals surface area contributed by atoms with E-state index in [1.54, 1.807) is 6.08 Å². The molecule has 0 bridgehead atoms. The Morgan fingerprint density at radius 3 is 2.78 bits per heavy atom. The van der Waals surface area contributed by atoms with Crippen molar-refractivity contribution in [3.63, 3.8) is 0 Å². The molecule has 27 heavy (non-hydrogen) atoms. The number of halogens is 1. The number of benzene rings is 2. The summed E-state index contributed by atoms with van der Waals surface area (Å²) in [6, 6.07) is 9.70. The predicted molar refractivity (Wildman–Crippen MR) is 109 cm³/mol. The third kappa shape index (κ3) is 3.42. The Morgan fingerprint density at radius 1 is 1.26 bits per heavy atom. The van der Waals surface area contributed by atoms with Gasteiger partial charge < -0.3 is 9.47 Å². The van der Waals surface area contributed by atoms with Crippen molar-refractivity contribution in [2.45, 2.75) is 27.3 Å². The van der Waals surface area contributed by atoms with E-state index in [0.717, 1.165) is 40.0 Å². The van der Waals surface area contributed by atoms with Crippen LogP contribution < -0.4 is 9.47 Å². The molecule has 0 fully saturated rings. The lowest BCUT2D eigenvalue weighted by Crippen LogP contribution is -2.35. The quantitative estimate of drug-likeness (QED) is 0.632. The van der Waals surface area contributed by atoms with E-state index < -0.39 is 0 Å². The number of Topliss-reactive ketones (excluding diaryl/α,β-unsaturated/α-hetero) is 1. The summed E-state index contributed by atoms with van der Waals surface area (Å²) in [5.41, 5.74) is 3.49. The van der Waals surface area contributed by atoms with Crippen molar-refractivity contribution < 1.29 is 14.3 Å². The van der Waals surface area contributed by atoms with Gasteiger partial charge in [-0.3, -0.25) is 9.69 Å². The summed E-state index contributed by atoms with van der Waals surface area (Å²) < 4.78 is 12.9. The van der Waals surface area contributed by atoms with Gasteiger partial charge in [-0.1, -0.05) is 48.0 Å². The molecule has 0 unspecified atom stereocenters. The number of fused-ring (bicyclic) bond motifs is 2. The van der Waals surface area contributed by atoms with Crippen LogP contribution in [0.1, 0.15) is 40.9 Å². The summed E-state index contributed by atoms with van der Waals surface area (Å²) in [5.74, 6) is 2.31. The molecular weight excluding hydrogens is 406 g/mol. The fourth-order valence-corrected chi connectivity index (χ4v) is 4.06. The molecule has 2 aliphatic heterocycles. The first-order valence-corrected chi connectivity index (χ1v) is 9.93. The van der Waals surface area contributed by atoms with E-state index in [-0.39, 0.29) is 5.78 Å². The summed E-state index contributed by atoms with van der Waals surface area (Å²) in [5, 5.41) is 0. The molecule has 140 valence electrons. The van der Waals surface area contributed by atoms with Gasteiger partial charge in [0.1, 0.15) is 18.2 Å². The van der Waals surface area contributed by atoms with Crippen LogP contribution in [0.25, 0.3) is 6.08 Å². The summed E-state index contributed by atoms with van der Waals surface area (Å²) in [4.78, 5) is 15.2. The molecule has 0 atom stereocenters. The maximum absolute atomic E-state index is 12.9. The van der Waals surface area contributed by atoms with E-state index in [4.69, 9.17) is 9.47 Å². The Hall–Kier alpha value is -2.11. The van der Waals surface area contributed by atoms with Crippen molar-refractivity contribution in [1.82, 2.24) is 4.90 Å². The fraction of sp³-hybridized carbons (Fsp3) is 0.318. The number of hydrogen-bond acceptors (Lipinski definition) is 4. The molecule has 0 aliphatic carbocycles. The molecule has 2 aromatic rings. The maximum Gasteiger partial charge on any atom is 0.231 e. The Labute approximate surface area is 167 Å². The van der Waals surface area contributed by atoms with Crippen LogP contribution in [0, 0.1) is 12.8 Å². The van der Waals surface area contributed by atoms with Gasteiger partial charge in [0.05, 0.1) is 5.56 Å². The largest absolute Gasteiger partial charge is 0.477 e. The minimum atomic E-state index is -0.0763. The molecule has 2 heterocycles. The molecule has 2 aromatic carbocycles. The van der Waals surface area contributed by atoms with E-state index in [9.17, 15) is 4.79 Å². The lowest BCUT2D eigenvalue weighted by molar-refractivity contribution is 0.0835. The number of carbonyl (C=O) groups excluding carboxylic acids is 1. The first-order valence-electron chi connectivity index (χ1n) is 9.14. The van der Waals surface area contributed by atoms with E-state index in [2.05, 4.69) is 34.7 Å². The predicted octanol–water partition coefficient (Wildman–Crippen LogP) is 5.18. The van der Waals surface area contributed by atoms with Crippen molar-refractivity contribution in [2.24, 2.45) is 5.92 Å². The third-order valence-electron chi connectivity index (χ3n) is 4.82. The van der Waals surface area contributed by atoms with Crippen LogP contribution in [0.4, 0.5) is 0 Å². The Balaban J connectivity index is 1.69. The van der Waals surface area contributed by atoms with E-state index in [0.29, 0.717) is 29.7 Å². The number of ether oxygens (including phenoxy) is 2. The van der Waals surface area contributed by atoms with Crippen LogP contribution in [0.2, 0.25) is 0 Å². The van der Waals surface area contributed by atoms with Crippen LogP contribution in [-0.4, -0.2) is 24.0 Å². The lowest BCUT2D eigenvalue weighted by Gasteiger charge is -2.31. The van der Waals surface area contributed by atoms with E-state index >= 15 is 0 Å². The van der Waals surface area contributed by atoms with Gasteiger partial charge in [0.25, 0.3) is 0 Å². The SMILES string of the molecule is Cc1c2c(cc3c1O/C(=C\c1ccccc1Br)C3=O)CN(CC(C)C)CO2. The van der Waals surface area contributed by atoms with Gasteiger partial charge in [0.2, 0.25) is 5.78 Å². The number of nitrogens with zero attached hydrogens (tertiary/aromatic N) is 1. The molecule has 2 aliphatic rings. The second kappa shape index (κ2) is 7.13. The van der Waals surface area contributed by atoms with E-state index in [1.165, 1.54) is 0 Å². The average Bonchev–Trinajstić information content (AvgIpc) is 2.93. The van der Waals surface area contributed by atoms with Crippen molar-refractivity contribution in [2.75, 3.05) is 13.3 Å². The standard InChI is InChI=1S/C22H22BrNO3/c1-13(2)10-24-11-16-8-17-20(25)19(9-15-6-4-5-7-18(15)23)27-22(17)14(3)21(16)26-12-24/h4-9,13H,10-12H2,1-3H3/b19-9-. The zero-order valence-electron chi connectivity index (χ0n) is 15.7. The maximum atomic E-state index is 12.9. The van der Waals surface area contributed by atoms with Gasteiger partial charge >= 0.3 is 0 Å². The molecule has 0 saturated heterocycles. The topological polar surface area (TPSA) is 38.8 Å². The van der Waals surface area contributed by atoms with Crippen molar-refractivity contribution >= 4 is 27.8 Å². The molecule has 5 heteroatoms. The molecule has 0 radical (unpaired) electrons. The van der Waals surface area contributed by atoms with Crippen molar-refractivity contribution in [3.05, 3.63) is 62.8 Å². The molecule has 0 N–H and O–H groups in total. The number of allylic oxidation sites excluding steroid dienone is 1. The highest BCUT2D eigenvalue weighted by atomic mass is 79.9. The summed E-state index contributed by atoms with van der Waals surface area (Å²) in [6.07, 6.45) is 1.79. The number of carbonyl (C=O) groups is 1. The number of rotatable bonds is 3. The smallest absolute Gasteiger partial charge is 0.231 e. The third-order valence-corrected chi connectivity index (χ3v) is 5.54. The second-order valence-corrected chi connectivity index (χ2v) is 8.36. The second-order valence-electron chi connectivity index (χ2n) is 7.51. The van der Waals surface area contributed by atoms with Crippen LogP contribution in [0.3, 0.4) is 0 Å². The minimum absolute atomic E-state index is 0.0763. The zero-order chi connectivity index (χ0) is 19.1. The highest BCUT2D eigenvalue weighted by Gasteiger charge is 2.33. The average molecular weight is 428 g/mol. The Kier molecular flexibility index (Phi) is 4.82. The number of hydrogen-bond donors (Lipinski definition) is 0. The van der Waals surface area contributed by atoms with Crippen LogP contribution in [0.15, 0.2) is 40.6 Å². The van der Waals surface area contributed by atoms with Gasteiger partial charge in [-0.2, -0.15) is 0 Å². The zero-order valence-corrected chi connectivity index (χ0v) is 17.3. The number of ketones is 1. The molecule has 0 aromatic heterocycles. The van der Waals surface area contributed by atoms with Crippen LogP contribution in [-0.2, 0) is 6.54 Å². The van der Waals surface area contributed by atoms with Crippen LogP contribution >= 0.6 is 15.9 Å². The van der Waals surface area contributed by atoms with Gasteiger partial charge in [0.15, 0.2) is 5.76 Å². The highest BCUT2D eigenvalue weighted by Crippen LogP contribution is 2.43. The molecule has 0 spiro atoms. The fourth-order valence-electron chi connectivity index (χ4n) is 3.66. The van der Waals surface area contributed by atoms with Gasteiger partial charge in [-0.05, 0) is 36.6 Å². The van der Waals surface area contributed by atoms with E-state index in [1.807, 2.05) is 37.3 Å². The minimum Gasteiger partial charge on any atom is -0.477 e. The first kappa shape index (κ1) is 18.3. The molecule has 0 saturated carbocycles.